The molecule has 0 fully saturated rings. The first-order valence-electron chi connectivity index (χ1n) is 5.77. The summed E-state index contributed by atoms with van der Waals surface area (Å²) < 4.78 is 6.74. The van der Waals surface area contributed by atoms with Gasteiger partial charge in [0.15, 0.2) is 11.4 Å². The molecule has 1 aromatic heterocycles. The quantitative estimate of drug-likeness (QED) is 0.689. The Labute approximate surface area is 115 Å². The van der Waals surface area contributed by atoms with E-state index in [1.165, 1.54) is 13.3 Å². The van der Waals surface area contributed by atoms with Crippen molar-refractivity contribution in [2.75, 3.05) is 12.8 Å². The Balaban J connectivity index is 2.52. The number of rotatable bonds is 4. The van der Waals surface area contributed by atoms with Crippen molar-refractivity contribution >= 4 is 23.1 Å². The fourth-order valence-corrected chi connectivity index (χ4v) is 2.11. The molecule has 1 heterocycles. The summed E-state index contributed by atoms with van der Waals surface area (Å²) in [7, 11) is 1.50. The second-order valence-corrected chi connectivity index (χ2v) is 4.42. The van der Waals surface area contributed by atoms with Crippen LogP contribution < -0.4 is 10.5 Å². The van der Waals surface area contributed by atoms with Gasteiger partial charge in [-0.1, -0.05) is 11.6 Å². The highest BCUT2D eigenvalue weighted by atomic mass is 35.5. The zero-order valence-electron chi connectivity index (χ0n) is 10.7. The predicted molar refractivity (Wildman–Crippen MR) is 73.7 cm³/mol. The van der Waals surface area contributed by atoms with Crippen molar-refractivity contribution in [3.8, 4) is 5.75 Å². The number of halogens is 1. The number of nitrogens with zero attached hydrogens (tertiary/aromatic N) is 2. The zero-order chi connectivity index (χ0) is 14.0. The Morgan fingerprint density at radius 2 is 2.21 bits per heavy atom. The van der Waals surface area contributed by atoms with Gasteiger partial charge in [-0.2, -0.15) is 5.10 Å². The lowest BCUT2D eigenvalue weighted by Crippen LogP contribution is -2.12. The van der Waals surface area contributed by atoms with Crippen molar-refractivity contribution in [1.29, 1.82) is 0 Å². The SMILES string of the molecule is CCn1ncc(OC)c1C(=O)c1cc(N)cc(Cl)c1. The van der Waals surface area contributed by atoms with E-state index < -0.39 is 0 Å². The van der Waals surface area contributed by atoms with Crippen molar-refractivity contribution in [2.24, 2.45) is 0 Å². The fourth-order valence-electron chi connectivity index (χ4n) is 1.87. The number of nitrogens with two attached hydrogens (primary N) is 1. The van der Waals surface area contributed by atoms with E-state index in [-0.39, 0.29) is 5.78 Å². The number of methoxy groups -OCH3 is 1. The first-order valence-corrected chi connectivity index (χ1v) is 6.15. The highest BCUT2D eigenvalue weighted by Gasteiger charge is 2.20. The van der Waals surface area contributed by atoms with Crippen molar-refractivity contribution in [1.82, 2.24) is 9.78 Å². The molecule has 0 unspecified atom stereocenters. The average molecular weight is 280 g/mol. The van der Waals surface area contributed by atoms with E-state index in [2.05, 4.69) is 5.10 Å². The summed E-state index contributed by atoms with van der Waals surface area (Å²) >= 11 is 5.92. The number of benzene rings is 1. The van der Waals surface area contributed by atoms with Crippen molar-refractivity contribution in [2.45, 2.75) is 13.5 Å². The van der Waals surface area contributed by atoms with E-state index in [9.17, 15) is 4.79 Å². The van der Waals surface area contributed by atoms with Gasteiger partial charge in [0.1, 0.15) is 0 Å². The molecule has 2 N–H and O–H groups in total. The van der Waals surface area contributed by atoms with Gasteiger partial charge in [0.05, 0.1) is 13.3 Å². The monoisotopic (exact) mass is 279 g/mol. The molecule has 2 rings (SSSR count). The summed E-state index contributed by atoms with van der Waals surface area (Å²) in [6.45, 7) is 2.47. The molecule has 100 valence electrons. The van der Waals surface area contributed by atoms with Crippen LogP contribution in [0.5, 0.6) is 5.75 Å². The zero-order valence-corrected chi connectivity index (χ0v) is 11.4. The minimum Gasteiger partial charge on any atom is -0.493 e. The summed E-state index contributed by atoms with van der Waals surface area (Å²) in [6, 6.07) is 4.75. The molecule has 19 heavy (non-hydrogen) atoms. The van der Waals surface area contributed by atoms with Gasteiger partial charge in [-0.15, -0.1) is 0 Å². The second kappa shape index (κ2) is 5.32. The van der Waals surface area contributed by atoms with E-state index in [1.807, 2.05) is 6.92 Å². The molecule has 5 nitrogen and oxygen atoms in total. The number of anilines is 1. The number of ether oxygens (including phenoxy) is 1. The molecular weight excluding hydrogens is 266 g/mol. The van der Waals surface area contributed by atoms with E-state index in [0.29, 0.717) is 34.3 Å². The first kappa shape index (κ1) is 13.4. The van der Waals surface area contributed by atoms with Gasteiger partial charge in [0.2, 0.25) is 5.78 Å². The number of nitrogen functional groups attached to an aromatic ring is 1. The van der Waals surface area contributed by atoms with Gasteiger partial charge in [-0.25, -0.2) is 0 Å². The van der Waals surface area contributed by atoms with Crippen LogP contribution in [0.1, 0.15) is 23.0 Å². The number of hydrogen-bond donors (Lipinski definition) is 1. The summed E-state index contributed by atoms with van der Waals surface area (Å²) in [5.74, 6) is 0.218. The minimum atomic E-state index is -0.217. The standard InChI is InChI=1S/C13H14ClN3O2/c1-3-17-12(11(19-2)7-16-17)13(18)8-4-9(14)6-10(15)5-8/h4-7H,3,15H2,1-2H3. The molecule has 1 aromatic carbocycles. The van der Waals surface area contributed by atoms with Gasteiger partial charge in [-0.3, -0.25) is 9.48 Å². The Bertz CT molecular complexity index is 581. The maximum absolute atomic E-state index is 12.5. The van der Waals surface area contributed by atoms with Crippen LogP contribution in [0.25, 0.3) is 0 Å². The Morgan fingerprint density at radius 3 is 2.79 bits per heavy atom. The molecule has 0 atom stereocenters. The number of carbonyl (C=O) groups excluding carboxylic acids is 1. The number of ketones is 1. The van der Waals surface area contributed by atoms with Crippen LogP contribution in [0.15, 0.2) is 24.4 Å². The van der Waals surface area contributed by atoms with Crippen molar-refractivity contribution in [3.63, 3.8) is 0 Å². The highest BCUT2D eigenvalue weighted by molar-refractivity contribution is 6.31. The summed E-state index contributed by atoms with van der Waals surface area (Å²) in [4.78, 5) is 12.5. The fraction of sp³-hybridized carbons (Fsp3) is 0.231. The van der Waals surface area contributed by atoms with Crippen molar-refractivity contribution < 1.29 is 9.53 Å². The van der Waals surface area contributed by atoms with Crippen LogP contribution in [0.3, 0.4) is 0 Å². The lowest BCUT2D eigenvalue weighted by molar-refractivity contribution is 0.102. The second-order valence-electron chi connectivity index (χ2n) is 3.98. The van der Waals surface area contributed by atoms with Gasteiger partial charge in [0.25, 0.3) is 0 Å². The smallest absolute Gasteiger partial charge is 0.214 e. The van der Waals surface area contributed by atoms with E-state index >= 15 is 0 Å². The third-order valence-electron chi connectivity index (χ3n) is 2.72. The molecule has 2 aromatic rings. The highest BCUT2D eigenvalue weighted by Crippen LogP contribution is 2.24. The van der Waals surface area contributed by atoms with E-state index in [4.69, 9.17) is 22.1 Å². The Hall–Kier alpha value is -2.01. The Morgan fingerprint density at radius 1 is 1.47 bits per heavy atom. The summed E-state index contributed by atoms with van der Waals surface area (Å²) in [5.41, 5.74) is 6.95. The lowest BCUT2D eigenvalue weighted by atomic mass is 10.1. The van der Waals surface area contributed by atoms with Crippen LogP contribution in [0, 0.1) is 0 Å². The number of hydrogen-bond acceptors (Lipinski definition) is 4. The third kappa shape index (κ3) is 2.56. The molecule has 0 bridgehead atoms. The van der Waals surface area contributed by atoms with Gasteiger partial charge in [0, 0.05) is 22.8 Å². The maximum atomic E-state index is 12.5. The normalized spacial score (nSPS) is 10.5. The van der Waals surface area contributed by atoms with E-state index in [0.717, 1.165) is 0 Å². The van der Waals surface area contributed by atoms with Crippen LogP contribution in [0.4, 0.5) is 5.69 Å². The van der Waals surface area contributed by atoms with Crippen LogP contribution in [-0.2, 0) is 6.54 Å². The first-order chi connectivity index (χ1) is 9.06. The van der Waals surface area contributed by atoms with Gasteiger partial charge < -0.3 is 10.5 Å². The topological polar surface area (TPSA) is 70.1 Å². The Kier molecular flexibility index (Phi) is 3.76. The molecule has 0 radical (unpaired) electrons. The summed E-state index contributed by atoms with van der Waals surface area (Å²) in [6.07, 6.45) is 1.52. The lowest BCUT2D eigenvalue weighted by Gasteiger charge is -2.07. The molecule has 0 amide bonds. The molecular formula is C13H14ClN3O2. The van der Waals surface area contributed by atoms with Gasteiger partial charge in [-0.05, 0) is 25.1 Å². The van der Waals surface area contributed by atoms with Crippen LogP contribution in [-0.4, -0.2) is 22.7 Å². The largest absolute Gasteiger partial charge is 0.493 e. The molecule has 6 heteroatoms. The summed E-state index contributed by atoms with van der Waals surface area (Å²) in [5, 5.41) is 4.52. The predicted octanol–water partition coefficient (Wildman–Crippen LogP) is 2.38. The molecule has 0 saturated carbocycles. The van der Waals surface area contributed by atoms with Crippen molar-refractivity contribution in [3.05, 3.63) is 40.7 Å². The number of aryl methyl sites for hydroxylation is 1. The molecule has 0 aliphatic rings. The number of carbonyl (C=O) groups is 1. The molecule has 0 aliphatic heterocycles. The average Bonchev–Trinajstić information content (AvgIpc) is 2.79. The van der Waals surface area contributed by atoms with Crippen LogP contribution in [0.2, 0.25) is 5.02 Å². The van der Waals surface area contributed by atoms with E-state index in [1.54, 1.807) is 22.9 Å². The molecule has 0 aliphatic carbocycles. The maximum Gasteiger partial charge on any atom is 0.214 e. The minimum absolute atomic E-state index is 0.217. The van der Waals surface area contributed by atoms with Gasteiger partial charge >= 0.3 is 0 Å². The molecule has 0 spiro atoms. The molecule has 0 saturated heterocycles. The third-order valence-corrected chi connectivity index (χ3v) is 2.94. The number of aromatic nitrogens is 2. The van der Waals surface area contributed by atoms with Crippen LogP contribution >= 0.6 is 11.6 Å².